The summed E-state index contributed by atoms with van der Waals surface area (Å²) in [6.45, 7) is 3.25. The van der Waals surface area contributed by atoms with Gasteiger partial charge in [0.2, 0.25) is 0 Å². The van der Waals surface area contributed by atoms with Crippen LogP contribution in [-0.2, 0) is 0 Å². The van der Waals surface area contributed by atoms with E-state index in [1.165, 1.54) is 12.0 Å². The van der Waals surface area contributed by atoms with Crippen molar-refractivity contribution < 1.29 is 0 Å². The SMILES string of the molecule is CCCNC(c1ncc[nH]1)C1CC1c1ccccc1. The van der Waals surface area contributed by atoms with E-state index in [2.05, 4.69) is 52.5 Å². The Hall–Kier alpha value is -1.61. The Morgan fingerprint density at radius 3 is 2.89 bits per heavy atom. The third kappa shape index (κ3) is 2.71. The third-order valence-corrected chi connectivity index (χ3v) is 3.92. The van der Waals surface area contributed by atoms with Crippen LogP contribution in [0.5, 0.6) is 0 Å². The molecule has 3 nitrogen and oxygen atoms in total. The highest BCUT2D eigenvalue weighted by molar-refractivity contribution is 5.27. The van der Waals surface area contributed by atoms with Crippen molar-refractivity contribution in [2.45, 2.75) is 31.7 Å². The molecule has 2 N–H and O–H groups in total. The second kappa shape index (κ2) is 5.57. The summed E-state index contributed by atoms with van der Waals surface area (Å²) < 4.78 is 0. The number of aromatic amines is 1. The van der Waals surface area contributed by atoms with E-state index in [9.17, 15) is 0 Å². The van der Waals surface area contributed by atoms with Crippen molar-refractivity contribution in [1.82, 2.24) is 15.3 Å². The van der Waals surface area contributed by atoms with Crippen LogP contribution in [0.15, 0.2) is 42.7 Å². The van der Waals surface area contributed by atoms with Gasteiger partial charge in [-0.15, -0.1) is 0 Å². The number of aromatic nitrogens is 2. The van der Waals surface area contributed by atoms with E-state index in [0.717, 1.165) is 18.8 Å². The third-order valence-electron chi connectivity index (χ3n) is 3.92. The van der Waals surface area contributed by atoms with Gasteiger partial charge in [0.05, 0.1) is 6.04 Å². The van der Waals surface area contributed by atoms with Gasteiger partial charge in [-0.25, -0.2) is 4.98 Å². The molecule has 0 saturated heterocycles. The van der Waals surface area contributed by atoms with Gasteiger partial charge in [0.1, 0.15) is 5.82 Å². The summed E-state index contributed by atoms with van der Waals surface area (Å²) in [5, 5.41) is 3.64. The minimum atomic E-state index is 0.361. The molecule has 1 saturated carbocycles. The van der Waals surface area contributed by atoms with Crippen molar-refractivity contribution in [3.05, 3.63) is 54.1 Å². The summed E-state index contributed by atoms with van der Waals surface area (Å²) in [4.78, 5) is 7.71. The van der Waals surface area contributed by atoms with Crippen LogP contribution in [0, 0.1) is 5.92 Å². The Balaban J connectivity index is 1.72. The van der Waals surface area contributed by atoms with Gasteiger partial charge >= 0.3 is 0 Å². The molecule has 3 heteroatoms. The van der Waals surface area contributed by atoms with Gasteiger partial charge in [-0.3, -0.25) is 0 Å². The number of H-pyrrole nitrogens is 1. The van der Waals surface area contributed by atoms with Crippen LogP contribution in [0.1, 0.15) is 43.1 Å². The quantitative estimate of drug-likeness (QED) is 0.832. The molecule has 1 aliphatic carbocycles. The fraction of sp³-hybridized carbons (Fsp3) is 0.438. The maximum Gasteiger partial charge on any atom is 0.123 e. The highest BCUT2D eigenvalue weighted by atomic mass is 15.0. The van der Waals surface area contributed by atoms with Crippen molar-refractivity contribution in [3.63, 3.8) is 0 Å². The molecular weight excluding hydrogens is 234 g/mol. The summed E-state index contributed by atoms with van der Waals surface area (Å²) in [7, 11) is 0. The Bertz CT molecular complexity index is 492. The molecule has 3 atom stereocenters. The van der Waals surface area contributed by atoms with Gasteiger partial charge < -0.3 is 10.3 Å². The average molecular weight is 255 g/mol. The summed E-state index contributed by atoms with van der Waals surface area (Å²) in [6.07, 6.45) is 6.16. The maximum atomic E-state index is 4.44. The summed E-state index contributed by atoms with van der Waals surface area (Å²) in [5.74, 6) is 2.43. The molecule has 1 fully saturated rings. The van der Waals surface area contributed by atoms with E-state index < -0.39 is 0 Å². The predicted molar refractivity (Wildman–Crippen MR) is 76.9 cm³/mol. The first-order chi connectivity index (χ1) is 9.40. The lowest BCUT2D eigenvalue weighted by atomic mass is 10.0. The van der Waals surface area contributed by atoms with Crippen LogP contribution < -0.4 is 5.32 Å². The van der Waals surface area contributed by atoms with Crippen LogP contribution in [0.4, 0.5) is 0 Å². The standard InChI is InChI=1S/C16H21N3/c1-2-8-17-15(16-18-9-10-19-16)14-11-13(14)12-6-4-3-5-7-12/h3-7,9-10,13-15,17H,2,8,11H2,1H3,(H,18,19). The van der Waals surface area contributed by atoms with E-state index >= 15 is 0 Å². The molecule has 1 aliphatic rings. The second-order valence-corrected chi connectivity index (χ2v) is 5.32. The zero-order valence-electron chi connectivity index (χ0n) is 11.3. The van der Waals surface area contributed by atoms with Crippen LogP contribution in [0.3, 0.4) is 0 Å². The molecule has 1 aromatic heterocycles. The zero-order valence-corrected chi connectivity index (χ0v) is 11.3. The number of nitrogens with one attached hydrogen (secondary N) is 2. The maximum absolute atomic E-state index is 4.44. The minimum Gasteiger partial charge on any atom is -0.347 e. The molecule has 0 radical (unpaired) electrons. The molecule has 1 heterocycles. The normalized spacial score (nSPS) is 23.2. The Labute approximate surface area is 114 Å². The van der Waals surface area contributed by atoms with Gasteiger partial charge in [-0.2, -0.15) is 0 Å². The Kier molecular flexibility index (Phi) is 3.65. The lowest BCUT2D eigenvalue weighted by molar-refractivity contribution is 0.454. The van der Waals surface area contributed by atoms with Crippen molar-refractivity contribution >= 4 is 0 Å². The van der Waals surface area contributed by atoms with E-state index in [1.54, 1.807) is 0 Å². The van der Waals surface area contributed by atoms with Gasteiger partial charge in [0.15, 0.2) is 0 Å². The van der Waals surface area contributed by atoms with Crippen molar-refractivity contribution in [3.8, 4) is 0 Å². The molecule has 100 valence electrons. The number of imidazole rings is 1. The van der Waals surface area contributed by atoms with Gasteiger partial charge in [-0.05, 0) is 36.8 Å². The number of rotatable bonds is 6. The summed E-state index contributed by atoms with van der Waals surface area (Å²) >= 11 is 0. The fourth-order valence-corrected chi connectivity index (χ4v) is 2.86. The molecule has 19 heavy (non-hydrogen) atoms. The van der Waals surface area contributed by atoms with E-state index in [-0.39, 0.29) is 0 Å². The van der Waals surface area contributed by atoms with Crippen LogP contribution >= 0.6 is 0 Å². The van der Waals surface area contributed by atoms with Crippen LogP contribution in [0.2, 0.25) is 0 Å². The van der Waals surface area contributed by atoms with E-state index in [1.807, 2.05) is 12.4 Å². The van der Waals surface area contributed by atoms with E-state index in [0.29, 0.717) is 17.9 Å². The summed E-state index contributed by atoms with van der Waals surface area (Å²) in [6, 6.07) is 11.2. The first kappa shape index (κ1) is 12.4. The number of hydrogen-bond donors (Lipinski definition) is 2. The summed E-state index contributed by atoms with van der Waals surface area (Å²) in [5.41, 5.74) is 1.46. The lowest BCUT2D eigenvalue weighted by Gasteiger charge is -2.16. The second-order valence-electron chi connectivity index (χ2n) is 5.32. The molecule has 3 rings (SSSR count). The van der Waals surface area contributed by atoms with E-state index in [4.69, 9.17) is 0 Å². The van der Waals surface area contributed by atoms with Crippen LogP contribution in [0.25, 0.3) is 0 Å². The number of benzene rings is 1. The molecule has 2 aromatic rings. The Morgan fingerprint density at radius 2 is 2.21 bits per heavy atom. The number of hydrogen-bond acceptors (Lipinski definition) is 2. The van der Waals surface area contributed by atoms with Gasteiger partial charge in [-0.1, -0.05) is 37.3 Å². The zero-order chi connectivity index (χ0) is 13.1. The smallest absolute Gasteiger partial charge is 0.123 e. The topological polar surface area (TPSA) is 40.7 Å². The van der Waals surface area contributed by atoms with Crippen LogP contribution in [-0.4, -0.2) is 16.5 Å². The number of nitrogens with zero attached hydrogens (tertiary/aromatic N) is 1. The minimum absolute atomic E-state index is 0.361. The Morgan fingerprint density at radius 1 is 1.37 bits per heavy atom. The average Bonchev–Trinajstić information content (AvgIpc) is 3.05. The lowest BCUT2D eigenvalue weighted by Crippen LogP contribution is -2.25. The molecule has 0 aliphatic heterocycles. The largest absolute Gasteiger partial charge is 0.347 e. The first-order valence-electron chi connectivity index (χ1n) is 7.17. The first-order valence-corrected chi connectivity index (χ1v) is 7.17. The molecule has 3 unspecified atom stereocenters. The molecule has 0 bridgehead atoms. The molecule has 0 amide bonds. The molecular formula is C16H21N3. The monoisotopic (exact) mass is 255 g/mol. The predicted octanol–water partition coefficient (Wildman–Crippen LogP) is 3.25. The molecule has 1 aromatic carbocycles. The highest BCUT2D eigenvalue weighted by Crippen LogP contribution is 2.53. The van der Waals surface area contributed by atoms with Crippen molar-refractivity contribution in [1.29, 1.82) is 0 Å². The highest BCUT2D eigenvalue weighted by Gasteiger charge is 2.44. The van der Waals surface area contributed by atoms with Gasteiger partial charge in [0, 0.05) is 12.4 Å². The van der Waals surface area contributed by atoms with Crippen molar-refractivity contribution in [2.75, 3.05) is 6.54 Å². The van der Waals surface area contributed by atoms with Gasteiger partial charge in [0.25, 0.3) is 0 Å². The van der Waals surface area contributed by atoms with Crippen molar-refractivity contribution in [2.24, 2.45) is 5.92 Å². The fourth-order valence-electron chi connectivity index (χ4n) is 2.86. The molecule has 0 spiro atoms.